The SMILES string of the molecule is CCCCNC(=NC)NCCSCc1ccccc1F. The molecule has 0 fully saturated rings. The van der Waals surface area contributed by atoms with E-state index in [1.54, 1.807) is 24.9 Å². The Hall–Kier alpha value is -1.23. The van der Waals surface area contributed by atoms with Crippen molar-refractivity contribution >= 4 is 17.7 Å². The summed E-state index contributed by atoms with van der Waals surface area (Å²) in [5.74, 6) is 2.34. The molecule has 0 unspecified atom stereocenters. The molecular formula is C15H24FN3S. The van der Waals surface area contributed by atoms with Gasteiger partial charge in [-0.05, 0) is 18.1 Å². The zero-order chi connectivity index (χ0) is 14.6. The summed E-state index contributed by atoms with van der Waals surface area (Å²) >= 11 is 1.72. The summed E-state index contributed by atoms with van der Waals surface area (Å²) < 4.78 is 13.4. The smallest absolute Gasteiger partial charge is 0.191 e. The van der Waals surface area contributed by atoms with Crippen LogP contribution in [-0.2, 0) is 5.75 Å². The van der Waals surface area contributed by atoms with Gasteiger partial charge in [-0.15, -0.1) is 0 Å². The predicted molar refractivity (Wildman–Crippen MR) is 86.8 cm³/mol. The topological polar surface area (TPSA) is 36.4 Å². The van der Waals surface area contributed by atoms with Crippen molar-refractivity contribution in [3.05, 3.63) is 35.6 Å². The van der Waals surface area contributed by atoms with Crippen molar-refractivity contribution in [1.82, 2.24) is 10.6 Å². The molecule has 0 heterocycles. The molecule has 0 aliphatic heterocycles. The van der Waals surface area contributed by atoms with Crippen LogP contribution in [0, 0.1) is 5.82 Å². The number of halogens is 1. The molecule has 1 rings (SSSR count). The first-order valence-corrected chi connectivity index (χ1v) is 8.19. The minimum Gasteiger partial charge on any atom is -0.356 e. The maximum atomic E-state index is 13.4. The van der Waals surface area contributed by atoms with Crippen molar-refractivity contribution in [2.45, 2.75) is 25.5 Å². The number of guanidine groups is 1. The van der Waals surface area contributed by atoms with Gasteiger partial charge < -0.3 is 10.6 Å². The van der Waals surface area contributed by atoms with Crippen LogP contribution in [0.5, 0.6) is 0 Å². The Kier molecular flexibility index (Phi) is 8.87. The first-order valence-electron chi connectivity index (χ1n) is 7.03. The first kappa shape index (κ1) is 16.8. The van der Waals surface area contributed by atoms with E-state index in [0.29, 0.717) is 5.75 Å². The number of thioether (sulfide) groups is 1. The van der Waals surface area contributed by atoms with E-state index in [9.17, 15) is 4.39 Å². The molecule has 5 heteroatoms. The van der Waals surface area contributed by atoms with Gasteiger partial charge >= 0.3 is 0 Å². The number of hydrogen-bond donors (Lipinski definition) is 2. The van der Waals surface area contributed by atoms with E-state index in [0.717, 1.165) is 36.8 Å². The van der Waals surface area contributed by atoms with Gasteiger partial charge in [0.1, 0.15) is 5.82 Å². The molecule has 0 saturated heterocycles. The summed E-state index contributed by atoms with van der Waals surface area (Å²) in [6.45, 7) is 3.93. The van der Waals surface area contributed by atoms with Crippen LogP contribution in [0.3, 0.4) is 0 Å². The van der Waals surface area contributed by atoms with Gasteiger partial charge in [-0.3, -0.25) is 4.99 Å². The Morgan fingerprint density at radius 1 is 1.25 bits per heavy atom. The van der Waals surface area contributed by atoms with Crippen LogP contribution in [0.4, 0.5) is 4.39 Å². The number of nitrogens with zero attached hydrogens (tertiary/aromatic N) is 1. The summed E-state index contributed by atoms with van der Waals surface area (Å²) in [7, 11) is 1.77. The standard InChI is InChI=1S/C15H24FN3S/c1-3-4-9-18-15(17-2)19-10-11-20-12-13-7-5-6-8-14(13)16/h5-8H,3-4,9-12H2,1-2H3,(H2,17,18,19). The molecule has 112 valence electrons. The van der Waals surface area contributed by atoms with E-state index in [1.165, 1.54) is 12.5 Å². The zero-order valence-electron chi connectivity index (χ0n) is 12.3. The molecule has 0 spiro atoms. The molecule has 20 heavy (non-hydrogen) atoms. The molecule has 3 nitrogen and oxygen atoms in total. The lowest BCUT2D eigenvalue weighted by Crippen LogP contribution is -2.38. The van der Waals surface area contributed by atoms with Crippen LogP contribution >= 0.6 is 11.8 Å². The molecule has 0 aliphatic carbocycles. The quantitative estimate of drug-likeness (QED) is 0.440. The summed E-state index contributed by atoms with van der Waals surface area (Å²) in [6.07, 6.45) is 2.31. The van der Waals surface area contributed by atoms with Gasteiger partial charge in [0.15, 0.2) is 5.96 Å². The lowest BCUT2D eigenvalue weighted by Gasteiger charge is -2.11. The van der Waals surface area contributed by atoms with Gasteiger partial charge in [-0.2, -0.15) is 11.8 Å². The number of nitrogens with one attached hydrogen (secondary N) is 2. The fourth-order valence-corrected chi connectivity index (χ4v) is 2.49. The summed E-state index contributed by atoms with van der Waals surface area (Å²) in [4.78, 5) is 4.15. The zero-order valence-corrected chi connectivity index (χ0v) is 13.1. The third kappa shape index (κ3) is 6.80. The summed E-state index contributed by atoms with van der Waals surface area (Å²) in [5.41, 5.74) is 0.767. The number of hydrogen-bond acceptors (Lipinski definition) is 2. The molecule has 1 aromatic rings. The highest BCUT2D eigenvalue weighted by molar-refractivity contribution is 7.98. The Balaban J connectivity index is 2.13. The van der Waals surface area contributed by atoms with Crippen LogP contribution < -0.4 is 10.6 Å². The van der Waals surface area contributed by atoms with Crippen molar-refractivity contribution in [2.75, 3.05) is 25.9 Å². The Bertz CT molecular complexity index is 410. The maximum Gasteiger partial charge on any atom is 0.191 e. The number of unbranched alkanes of at least 4 members (excludes halogenated alkanes) is 1. The molecule has 0 amide bonds. The van der Waals surface area contributed by atoms with Crippen LogP contribution in [-0.4, -0.2) is 31.8 Å². The van der Waals surface area contributed by atoms with E-state index >= 15 is 0 Å². The molecule has 0 aliphatic rings. The van der Waals surface area contributed by atoms with Crippen LogP contribution in [0.1, 0.15) is 25.3 Å². The third-order valence-electron chi connectivity index (χ3n) is 2.80. The molecule has 2 N–H and O–H groups in total. The van der Waals surface area contributed by atoms with Gasteiger partial charge in [0, 0.05) is 31.6 Å². The van der Waals surface area contributed by atoms with Crippen molar-refractivity contribution in [1.29, 1.82) is 0 Å². The molecule has 0 aromatic heterocycles. The highest BCUT2D eigenvalue weighted by atomic mass is 32.2. The van der Waals surface area contributed by atoms with Gasteiger partial charge in [-0.1, -0.05) is 31.5 Å². The predicted octanol–water partition coefficient (Wildman–Crippen LogP) is 3.02. The highest BCUT2D eigenvalue weighted by Crippen LogP contribution is 2.14. The minimum atomic E-state index is -0.120. The Morgan fingerprint density at radius 3 is 2.70 bits per heavy atom. The van der Waals surface area contributed by atoms with Crippen molar-refractivity contribution in [3.8, 4) is 0 Å². The Labute approximate surface area is 125 Å². The van der Waals surface area contributed by atoms with E-state index in [2.05, 4.69) is 22.5 Å². The lowest BCUT2D eigenvalue weighted by molar-refractivity contribution is 0.617. The van der Waals surface area contributed by atoms with Gasteiger partial charge in [0.25, 0.3) is 0 Å². The molecule has 0 saturated carbocycles. The van der Waals surface area contributed by atoms with Gasteiger partial charge in [0.05, 0.1) is 0 Å². The molecule has 0 atom stereocenters. The number of rotatable bonds is 8. The fraction of sp³-hybridized carbons (Fsp3) is 0.533. The van der Waals surface area contributed by atoms with E-state index in [-0.39, 0.29) is 5.82 Å². The Morgan fingerprint density at radius 2 is 2.00 bits per heavy atom. The average Bonchev–Trinajstić information content (AvgIpc) is 2.47. The average molecular weight is 297 g/mol. The second-order valence-electron chi connectivity index (χ2n) is 4.42. The van der Waals surface area contributed by atoms with Crippen molar-refractivity contribution in [2.24, 2.45) is 4.99 Å². The largest absolute Gasteiger partial charge is 0.356 e. The van der Waals surface area contributed by atoms with E-state index in [1.807, 2.05) is 12.1 Å². The van der Waals surface area contributed by atoms with Gasteiger partial charge in [-0.25, -0.2) is 4.39 Å². The molecule has 1 aromatic carbocycles. The number of benzene rings is 1. The number of aliphatic imine (C=N–C) groups is 1. The monoisotopic (exact) mass is 297 g/mol. The van der Waals surface area contributed by atoms with Crippen LogP contribution in [0.15, 0.2) is 29.3 Å². The lowest BCUT2D eigenvalue weighted by atomic mass is 10.2. The molecule has 0 radical (unpaired) electrons. The fourth-order valence-electron chi connectivity index (χ4n) is 1.64. The maximum absolute atomic E-state index is 13.4. The molecule has 0 bridgehead atoms. The molecular weight excluding hydrogens is 273 g/mol. The first-order chi connectivity index (χ1) is 9.77. The highest BCUT2D eigenvalue weighted by Gasteiger charge is 2.00. The van der Waals surface area contributed by atoms with Crippen LogP contribution in [0.25, 0.3) is 0 Å². The van der Waals surface area contributed by atoms with E-state index in [4.69, 9.17) is 0 Å². The second kappa shape index (κ2) is 10.5. The van der Waals surface area contributed by atoms with Crippen molar-refractivity contribution < 1.29 is 4.39 Å². The summed E-state index contributed by atoms with van der Waals surface area (Å²) in [5, 5.41) is 6.51. The van der Waals surface area contributed by atoms with Gasteiger partial charge in [0.2, 0.25) is 0 Å². The summed E-state index contributed by atoms with van der Waals surface area (Å²) in [6, 6.07) is 6.93. The third-order valence-corrected chi connectivity index (χ3v) is 3.81. The van der Waals surface area contributed by atoms with Crippen LogP contribution in [0.2, 0.25) is 0 Å². The second-order valence-corrected chi connectivity index (χ2v) is 5.53. The minimum absolute atomic E-state index is 0.120. The van der Waals surface area contributed by atoms with Crippen molar-refractivity contribution in [3.63, 3.8) is 0 Å². The normalized spacial score (nSPS) is 11.4. The van der Waals surface area contributed by atoms with E-state index < -0.39 is 0 Å².